The normalized spacial score (nSPS) is 11.9. The van der Waals surface area contributed by atoms with Crippen molar-refractivity contribution in [2.75, 3.05) is 0 Å². The van der Waals surface area contributed by atoms with E-state index in [9.17, 15) is 4.79 Å². The van der Waals surface area contributed by atoms with E-state index in [4.69, 9.17) is 10.6 Å². The van der Waals surface area contributed by atoms with Crippen LogP contribution in [-0.4, -0.2) is 21.6 Å². The van der Waals surface area contributed by atoms with Crippen molar-refractivity contribution in [2.45, 2.75) is 58.8 Å². The van der Waals surface area contributed by atoms with Gasteiger partial charge in [0.15, 0.2) is 5.92 Å². The minimum Gasteiger partial charge on any atom is -0.481 e. The maximum atomic E-state index is 11.1. The molecule has 0 radical (unpaired) electrons. The van der Waals surface area contributed by atoms with E-state index in [0.29, 0.717) is 18.6 Å². The molecule has 4 nitrogen and oxygen atoms in total. The van der Waals surface area contributed by atoms with Crippen LogP contribution >= 0.6 is 0 Å². The lowest BCUT2D eigenvalue weighted by Gasteiger charge is -2.07. The summed E-state index contributed by atoms with van der Waals surface area (Å²) in [6.07, 6.45) is 5.96. The number of rotatable bonds is 9. The molecule has 0 spiro atoms. The van der Waals surface area contributed by atoms with Gasteiger partial charge in [0.05, 0.1) is 0 Å². The monoisotopic (exact) mass is 226 g/mol. The summed E-state index contributed by atoms with van der Waals surface area (Å²) in [4.78, 5) is 14.2. The van der Waals surface area contributed by atoms with Crippen LogP contribution in [0.4, 0.5) is 0 Å². The first kappa shape index (κ1) is 14.8. The van der Waals surface area contributed by atoms with Gasteiger partial charge in [0, 0.05) is 6.42 Å². The molecule has 0 aliphatic rings. The van der Waals surface area contributed by atoms with E-state index < -0.39 is 11.9 Å². The minimum absolute atomic E-state index is 0.422. The average molecular weight is 226 g/mol. The number of nitrogens with zero attached hydrogens (tertiary/aromatic N) is 2. The average Bonchev–Trinajstić information content (AvgIpc) is 2.27. The van der Waals surface area contributed by atoms with Crippen LogP contribution in [-0.2, 0) is 4.79 Å². The topological polar surface area (TPSA) is 73.7 Å². The molecule has 1 unspecified atom stereocenters. The second-order valence-electron chi connectivity index (χ2n) is 4.08. The molecule has 0 aromatic carbocycles. The minimum atomic E-state index is -0.875. The molecular weight excluding hydrogens is 204 g/mol. The zero-order chi connectivity index (χ0) is 12.4. The number of carbonyl (C=O) groups is 1. The van der Waals surface area contributed by atoms with Gasteiger partial charge in [0.2, 0.25) is 0 Å². The molecule has 0 aromatic heterocycles. The highest BCUT2D eigenvalue weighted by Gasteiger charge is 2.29. The Bertz CT molecular complexity index is 258. The third-order valence-electron chi connectivity index (χ3n) is 2.71. The SMILES string of the molecule is CCCCCC(C(=O)O)C(CCCC)=[N+]=[N-]. The number of carboxylic acid groups (broad SMARTS) is 1. The summed E-state index contributed by atoms with van der Waals surface area (Å²) in [6.45, 7) is 4.11. The standard InChI is InChI=1S/C12H22N2O2/c1-3-5-7-8-10(12(15)16)11(14-13)9-6-4-2/h10H,3-9H2,1-2H3,(H,15,16). The van der Waals surface area contributed by atoms with E-state index in [2.05, 4.69) is 11.7 Å². The predicted octanol–water partition coefficient (Wildman–Crippen LogP) is 3.13. The Morgan fingerprint density at radius 1 is 1.25 bits per heavy atom. The van der Waals surface area contributed by atoms with E-state index in [0.717, 1.165) is 32.1 Å². The molecule has 0 aliphatic carbocycles. The molecule has 1 atom stereocenters. The summed E-state index contributed by atoms with van der Waals surface area (Å²) in [7, 11) is 0. The molecule has 0 rings (SSSR count). The van der Waals surface area contributed by atoms with Crippen molar-refractivity contribution in [3.63, 3.8) is 0 Å². The van der Waals surface area contributed by atoms with Crippen molar-refractivity contribution >= 4 is 11.7 Å². The summed E-state index contributed by atoms with van der Waals surface area (Å²) in [5.41, 5.74) is 9.27. The lowest BCUT2D eigenvalue weighted by Crippen LogP contribution is -2.24. The third kappa shape index (κ3) is 5.66. The van der Waals surface area contributed by atoms with E-state index in [1.165, 1.54) is 0 Å². The molecule has 0 fully saturated rings. The number of hydrogen-bond acceptors (Lipinski definition) is 1. The fourth-order valence-electron chi connectivity index (χ4n) is 1.68. The maximum Gasteiger partial charge on any atom is 0.318 e. The van der Waals surface area contributed by atoms with Gasteiger partial charge in [0.25, 0.3) is 5.71 Å². The fraction of sp³-hybridized carbons (Fsp3) is 0.833. The Kier molecular flexibility index (Phi) is 8.45. The summed E-state index contributed by atoms with van der Waals surface area (Å²) in [6, 6.07) is 0. The summed E-state index contributed by atoms with van der Waals surface area (Å²) < 4.78 is 0. The molecular formula is C12H22N2O2. The van der Waals surface area contributed by atoms with Gasteiger partial charge in [-0.15, -0.1) is 0 Å². The second kappa shape index (κ2) is 9.10. The zero-order valence-corrected chi connectivity index (χ0v) is 10.3. The van der Waals surface area contributed by atoms with Crippen molar-refractivity contribution < 1.29 is 14.7 Å². The first-order valence-electron chi connectivity index (χ1n) is 6.10. The molecule has 4 heteroatoms. The van der Waals surface area contributed by atoms with Gasteiger partial charge in [-0.05, 0) is 12.8 Å². The van der Waals surface area contributed by atoms with Crippen LogP contribution in [0.5, 0.6) is 0 Å². The lowest BCUT2D eigenvalue weighted by molar-refractivity contribution is -0.140. The molecule has 0 heterocycles. The first-order valence-corrected chi connectivity index (χ1v) is 6.10. The Morgan fingerprint density at radius 2 is 1.88 bits per heavy atom. The highest BCUT2D eigenvalue weighted by Crippen LogP contribution is 2.14. The summed E-state index contributed by atoms with van der Waals surface area (Å²) >= 11 is 0. The summed E-state index contributed by atoms with van der Waals surface area (Å²) in [5, 5.41) is 9.08. The number of unbranched alkanes of at least 4 members (excludes halogenated alkanes) is 3. The molecule has 0 bridgehead atoms. The van der Waals surface area contributed by atoms with Crippen molar-refractivity contribution in [3.05, 3.63) is 5.53 Å². The number of aliphatic carboxylic acids is 1. The van der Waals surface area contributed by atoms with Crippen LogP contribution in [0, 0.1) is 5.92 Å². The van der Waals surface area contributed by atoms with Crippen LogP contribution in [0.1, 0.15) is 58.8 Å². The van der Waals surface area contributed by atoms with Crippen molar-refractivity contribution in [2.24, 2.45) is 5.92 Å². The Labute approximate surface area is 97.3 Å². The van der Waals surface area contributed by atoms with Gasteiger partial charge in [0.1, 0.15) is 0 Å². The van der Waals surface area contributed by atoms with Crippen LogP contribution in [0.3, 0.4) is 0 Å². The van der Waals surface area contributed by atoms with E-state index >= 15 is 0 Å². The van der Waals surface area contributed by atoms with Gasteiger partial charge in [-0.25, -0.2) is 0 Å². The highest BCUT2D eigenvalue weighted by atomic mass is 16.4. The summed E-state index contributed by atoms with van der Waals surface area (Å²) in [5.74, 6) is -1.48. The van der Waals surface area contributed by atoms with E-state index in [1.54, 1.807) is 0 Å². The molecule has 0 aliphatic heterocycles. The molecule has 1 N–H and O–H groups in total. The van der Waals surface area contributed by atoms with Gasteiger partial charge < -0.3 is 10.6 Å². The highest BCUT2D eigenvalue weighted by molar-refractivity contribution is 5.98. The van der Waals surface area contributed by atoms with Crippen LogP contribution in [0.25, 0.3) is 5.53 Å². The Morgan fingerprint density at radius 3 is 2.31 bits per heavy atom. The molecule has 0 aromatic rings. The molecule has 92 valence electrons. The first-order chi connectivity index (χ1) is 7.67. The largest absolute Gasteiger partial charge is 0.481 e. The lowest BCUT2D eigenvalue weighted by atomic mass is 9.93. The fourth-order valence-corrected chi connectivity index (χ4v) is 1.68. The van der Waals surface area contributed by atoms with Crippen LogP contribution < -0.4 is 0 Å². The zero-order valence-electron chi connectivity index (χ0n) is 10.3. The number of hydrogen-bond donors (Lipinski definition) is 1. The van der Waals surface area contributed by atoms with Gasteiger partial charge in [-0.3, -0.25) is 4.79 Å². The van der Waals surface area contributed by atoms with Crippen molar-refractivity contribution in [3.8, 4) is 0 Å². The maximum absolute atomic E-state index is 11.1. The molecule has 0 saturated heterocycles. The predicted molar refractivity (Wildman–Crippen MR) is 63.4 cm³/mol. The second-order valence-corrected chi connectivity index (χ2v) is 4.08. The molecule has 0 amide bonds. The Hall–Kier alpha value is -1.15. The quantitative estimate of drug-likeness (QED) is 0.284. The number of carboxylic acids is 1. The van der Waals surface area contributed by atoms with E-state index in [-0.39, 0.29) is 0 Å². The third-order valence-corrected chi connectivity index (χ3v) is 2.71. The van der Waals surface area contributed by atoms with Crippen molar-refractivity contribution in [1.29, 1.82) is 0 Å². The van der Waals surface area contributed by atoms with Crippen molar-refractivity contribution in [1.82, 2.24) is 0 Å². The van der Waals surface area contributed by atoms with Gasteiger partial charge in [-0.2, -0.15) is 4.79 Å². The van der Waals surface area contributed by atoms with E-state index in [1.807, 2.05) is 6.92 Å². The molecule has 0 saturated carbocycles. The van der Waals surface area contributed by atoms with Gasteiger partial charge >= 0.3 is 5.97 Å². The van der Waals surface area contributed by atoms with Gasteiger partial charge in [-0.1, -0.05) is 39.5 Å². The Balaban J connectivity index is 4.37. The van der Waals surface area contributed by atoms with Crippen LogP contribution in [0.2, 0.25) is 0 Å². The smallest absolute Gasteiger partial charge is 0.318 e. The van der Waals surface area contributed by atoms with Crippen LogP contribution in [0.15, 0.2) is 0 Å². The molecule has 16 heavy (non-hydrogen) atoms.